The number of hydrogen-bond donors (Lipinski definition) is 10. The smallest absolute Gasteiger partial charge is 0.309 e. The monoisotopic (exact) mass is 664 g/mol. The van der Waals surface area contributed by atoms with Gasteiger partial charge in [0.15, 0.2) is 17.8 Å². The van der Waals surface area contributed by atoms with E-state index >= 15 is 0 Å². The van der Waals surface area contributed by atoms with Gasteiger partial charge in [0.05, 0.1) is 38.8 Å². The van der Waals surface area contributed by atoms with Gasteiger partial charge < -0.3 is 79.5 Å². The first-order valence-electron chi connectivity index (χ1n) is 14.0. The van der Waals surface area contributed by atoms with Gasteiger partial charge in [0, 0.05) is 0 Å². The van der Waals surface area contributed by atoms with Gasteiger partial charge in [-0.1, -0.05) is 6.08 Å². The van der Waals surface area contributed by atoms with Crippen molar-refractivity contribution >= 4 is 18.0 Å². The molecule has 0 aromatic heterocycles. The van der Waals surface area contributed by atoms with Crippen LogP contribution in [0.25, 0.3) is 6.08 Å². The zero-order valence-corrected chi connectivity index (χ0v) is 24.9. The summed E-state index contributed by atoms with van der Waals surface area (Å²) in [6.07, 6.45) is -14.8. The number of hydrogen-bond acceptors (Lipinski definition) is 17. The van der Waals surface area contributed by atoms with Gasteiger partial charge in [-0.25, -0.2) is 0 Å². The average Bonchev–Trinajstić information content (AvgIpc) is 3.00. The summed E-state index contributed by atoms with van der Waals surface area (Å²) < 4.78 is 32.0. The van der Waals surface area contributed by atoms with Crippen molar-refractivity contribution < 1.29 is 89.1 Å². The molecule has 1 aromatic carbocycles. The number of methoxy groups -OCH3 is 1. The molecule has 2 aliphatic rings. The van der Waals surface area contributed by atoms with E-state index < -0.39 is 111 Å². The molecule has 2 fully saturated rings. The molecule has 0 amide bonds. The van der Waals surface area contributed by atoms with Crippen LogP contribution in [0.2, 0.25) is 0 Å². The lowest BCUT2D eigenvalue weighted by Crippen LogP contribution is -2.60. The Labute approximate surface area is 262 Å². The average molecular weight is 665 g/mol. The third-order valence-corrected chi connectivity index (χ3v) is 7.30. The zero-order chi connectivity index (χ0) is 34.3. The molecule has 18 heteroatoms. The fourth-order valence-electron chi connectivity index (χ4n) is 4.85. The van der Waals surface area contributed by atoms with E-state index in [2.05, 4.69) is 0 Å². The summed E-state index contributed by atoms with van der Waals surface area (Å²) in [6.45, 7) is -0.518. The number of phenolic OH excluding ortho intramolecular Hbond substituents is 1. The van der Waals surface area contributed by atoms with Crippen LogP contribution >= 0.6 is 0 Å². The number of rotatable bonds is 14. The number of benzene rings is 1. The molecule has 0 bridgehead atoms. The first-order valence-corrected chi connectivity index (χ1v) is 14.0. The van der Waals surface area contributed by atoms with Crippen LogP contribution in [0.5, 0.6) is 17.2 Å². The summed E-state index contributed by atoms with van der Waals surface area (Å²) in [6, 6.07) is 2.62. The predicted octanol–water partition coefficient (Wildman–Crippen LogP) is -3.42. The van der Waals surface area contributed by atoms with Gasteiger partial charge in [-0.05, 0) is 30.7 Å². The first kappa shape index (κ1) is 37.3. The maximum absolute atomic E-state index is 12.6. The molecule has 260 valence electrons. The number of carbonyl (C=O) groups excluding carboxylic acids is 1. The van der Waals surface area contributed by atoms with E-state index in [4.69, 9.17) is 28.4 Å². The Kier molecular flexibility index (Phi) is 13.1. The third-order valence-electron chi connectivity index (χ3n) is 7.30. The molecule has 11 unspecified atom stereocenters. The first-order chi connectivity index (χ1) is 21.6. The van der Waals surface area contributed by atoms with Crippen LogP contribution in [-0.2, 0) is 28.5 Å². The highest BCUT2D eigenvalue weighted by atomic mass is 16.7. The summed E-state index contributed by atoms with van der Waals surface area (Å²) >= 11 is 0. The number of carboxylic acids is 1. The predicted molar refractivity (Wildman–Crippen MR) is 149 cm³/mol. The van der Waals surface area contributed by atoms with Crippen LogP contribution in [0.15, 0.2) is 18.2 Å². The summed E-state index contributed by atoms with van der Waals surface area (Å²) in [5.41, 5.74) is -1.48. The lowest BCUT2D eigenvalue weighted by molar-refractivity contribution is -0.325. The number of phenols is 1. The van der Waals surface area contributed by atoms with Crippen LogP contribution in [0, 0.1) is 0 Å². The largest absolute Gasteiger partial charge is 0.504 e. The summed E-state index contributed by atoms with van der Waals surface area (Å²) in [7, 11) is 1.25. The molecule has 46 heavy (non-hydrogen) atoms. The number of aliphatic hydroxyl groups excluding tert-OH is 8. The van der Waals surface area contributed by atoms with Crippen molar-refractivity contribution in [1.29, 1.82) is 0 Å². The molecule has 0 spiro atoms. The maximum Gasteiger partial charge on any atom is 0.309 e. The minimum absolute atomic E-state index is 0.0385. The van der Waals surface area contributed by atoms with E-state index in [-0.39, 0.29) is 18.1 Å². The fourth-order valence-corrected chi connectivity index (χ4v) is 4.85. The highest BCUT2D eigenvalue weighted by molar-refractivity contribution is 5.74. The number of ether oxygens (including phenoxy) is 6. The minimum atomic E-state index is -1.83. The summed E-state index contributed by atoms with van der Waals surface area (Å²) in [5.74, 6) is -3.09. The number of aliphatic carboxylic acids is 1. The number of aliphatic hydroxyl groups is 8. The molecular weight excluding hydrogens is 624 g/mol. The second-order valence-electron chi connectivity index (χ2n) is 11.0. The van der Waals surface area contributed by atoms with Crippen LogP contribution in [-0.4, -0.2) is 157 Å². The molecule has 0 aliphatic carbocycles. The lowest BCUT2D eigenvalue weighted by atomic mass is 9.95. The van der Waals surface area contributed by atoms with E-state index in [0.29, 0.717) is 5.56 Å². The highest BCUT2D eigenvalue weighted by Crippen LogP contribution is 2.40. The Bertz CT molecular complexity index is 1210. The molecule has 0 saturated carbocycles. The molecule has 0 radical (unpaired) electrons. The quantitative estimate of drug-likeness (QED) is 0.0866. The Morgan fingerprint density at radius 2 is 1.43 bits per heavy atom. The SMILES string of the molecule is COc1cc(C=CCOC(=O)CC(C)(CC(=O)O)OC2OC(CO)C(O)C(O)C2O)cc(O)c1OC1OC(CO)C(O)C(O)C1O. The number of carbonyl (C=O) groups is 2. The van der Waals surface area contributed by atoms with Crippen LogP contribution in [0.1, 0.15) is 25.3 Å². The summed E-state index contributed by atoms with van der Waals surface area (Å²) in [5, 5.41) is 99.0. The Morgan fingerprint density at radius 1 is 0.870 bits per heavy atom. The molecule has 2 saturated heterocycles. The van der Waals surface area contributed by atoms with Crippen LogP contribution < -0.4 is 9.47 Å². The van der Waals surface area contributed by atoms with Gasteiger partial charge in [0.25, 0.3) is 0 Å². The van der Waals surface area contributed by atoms with Crippen molar-refractivity contribution in [2.75, 3.05) is 26.9 Å². The fraction of sp³-hybridized carbons (Fsp3) is 0.643. The number of esters is 1. The molecule has 18 nitrogen and oxygen atoms in total. The molecule has 1 aromatic rings. The van der Waals surface area contributed by atoms with Gasteiger partial charge in [0.1, 0.15) is 55.4 Å². The molecule has 2 aliphatic heterocycles. The topological polar surface area (TPSA) is 292 Å². The van der Waals surface area contributed by atoms with Crippen molar-refractivity contribution in [3.05, 3.63) is 23.8 Å². The molecular formula is C28H40O18. The standard InChI is InChI=1S/C28H40O18/c1-28(8-17(32)33,46-27-24(40)22(38)20(36)16(11-30)44-27)9-18(34)42-5-3-4-12-6-13(31)25(14(7-12)41-2)45-26-23(39)21(37)19(35)15(10-29)43-26/h3-4,6-7,15-16,19-24,26-27,29-31,35-40H,5,8-11H2,1-2H3,(H,32,33). The van der Waals surface area contributed by atoms with Crippen molar-refractivity contribution in [1.82, 2.24) is 0 Å². The zero-order valence-electron chi connectivity index (χ0n) is 24.9. The molecule has 2 heterocycles. The van der Waals surface area contributed by atoms with Gasteiger partial charge in [-0.15, -0.1) is 0 Å². The maximum atomic E-state index is 12.6. The highest BCUT2D eigenvalue weighted by Gasteiger charge is 2.48. The lowest BCUT2D eigenvalue weighted by Gasteiger charge is -2.42. The van der Waals surface area contributed by atoms with Crippen LogP contribution in [0.3, 0.4) is 0 Å². The van der Waals surface area contributed by atoms with Gasteiger partial charge in [0.2, 0.25) is 12.0 Å². The molecule has 11 atom stereocenters. The van der Waals surface area contributed by atoms with E-state index in [0.717, 1.165) is 0 Å². The van der Waals surface area contributed by atoms with E-state index in [9.17, 15) is 60.7 Å². The van der Waals surface area contributed by atoms with Gasteiger partial charge >= 0.3 is 11.9 Å². The van der Waals surface area contributed by atoms with Crippen molar-refractivity contribution in [2.45, 2.75) is 86.8 Å². The van der Waals surface area contributed by atoms with E-state index in [1.807, 2.05) is 0 Å². The van der Waals surface area contributed by atoms with Gasteiger partial charge in [-0.2, -0.15) is 0 Å². The Morgan fingerprint density at radius 3 is 1.98 bits per heavy atom. The Balaban J connectivity index is 1.63. The normalized spacial score (nSPS) is 32.9. The minimum Gasteiger partial charge on any atom is -0.504 e. The van der Waals surface area contributed by atoms with Crippen molar-refractivity contribution in [3.8, 4) is 17.2 Å². The number of carboxylic acid groups (broad SMARTS) is 1. The van der Waals surface area contributed by atoms with Crippen molar-refractivity contribution in [2.24, 2.45) is 0 Å². The second-order valence-corrected chi connectivity index (χ2v) is 11.0. The van der Waals surface area contributed by atoms with E-state index in [1.54, 1.807) is 0 Å². The second kappa shape index (κ2) is 16.1. The third kappa shape index (κ3) is 9.02. The van der Waals surface area contributed by atoms with Crippen molar-refractivity contribution in [3.63, 3.8) is 0 Å². The summed E-state index contributed by atoms with van der Waals surface area (Å²) in [4.78, 5) is 24.1. The van der Waals surface area contributed by atoms with Crippen LogP contribution in [0.4, 0.5) is 0 Å². The van der Waals surface area contributed by atoms with Gasteiger partial charge in [-0.3, -0.25) is 9.59 Å². The van der Waals surface area contributed by atoms with E-state index in [1.165, 1.54) is 38.3 Å². The molecule has 10 N–H and O–H groups in total. The molecule has 3 rings (SSSR count). The Hall–Kier alpha value is -3.14. The number of aromatic hydroxyl groups is 1.